The van der Waals surface area contributed by atoms with Gasteiger partial charge in [0, 0.05) is 38.2 Å². The van der Waals surface area contributed by atoms with E-state index in [1.165, 1.54) is 43.7 Å². The molecule has 2 bridgehead atoms. The van der Waals surface area contributed by atoms with Gasteiger partial charge < -0.3 is 15.1 Å². The minimum atomic E-state index is 0.540. The maximum atomic E-state index is 5.67. The number of terminal acetylenes is 1. The van der Waals surface area contributed by atoms with Gasteiger partial charge in [-0.1, -0.05) is 18.1 Å². The van der Waals surface area contributed by atoms with Crippen LogP contribution >= 0.6 is 0 Å². The standard InChI is InChI=1S/C19H27N3/c1-4-16-14-22-10-9-17(16)11-19(22)13-20-12-15-5-7-18(8-6-15)21(2)3/h1,5-8,16-17,19-20H,9-14H2,2-3H3/p+2/t16-,17-,19+/m0/s1. The molecule has 0 aliphatic carbocycles. The van der Waals surface area contributed by atoms with Crippen molar-refractivity contribution in [2.24, 2.45) is 11.8 Å². The van der Waals surface area contributed by atoms with Crippen LogP contribution in [0.25, 0.3) is 0 Å². The van der Waals surface area contributed by atoms with E-state index in [9.17, 15) is 0 Å². The number of hydrogen-bond acceptors (Lipinski definition) is 1. The van der Waals surface area contributed by atoms with Gasteiger partial charge in [0.15, 0.2) is 0 Å². The van der Waals surface area contributed by atoms with Gasteiger partial charge in [-0.05, 0) is 18.1 Å². The molecule has 1 aromatic carbocycles. The molecule has 3 aliphatic heterocycles. The quantitative estimate of drug-likeness (QED) is 0.720. The van der Waals surface area contributed by atoms with Crippen LogP contribution in [0.15, 0.2) is 24.3 Å². The second-order valence-corrected chi connectivity index (χ2v) is 7.16. The van der Waals surface area contributed by atoms with Crippen molar-refractivity contribution >= 4 is 5.69 Å². The second-order valence-electron chi connectivity index (χ2n) is 7.16. The topological polar surface area (TPSA) is 24.3 Å². The van der Waals surface area contributed by atoms with Crippen molar-refractivity contribution in [1.82, 2.24) is 0 Å². The van der Waals surface area contributed by atoms with Crippen LogP contribution in [0.5, 0.6) is 0 Å². The number of nitrogens with zero attached hydrogens (tertiary/aromatic N) is 1. The van der Waals surface area contributed by atoms with Gasteiger partial charge in [-0.25, -0.2) is 0 Å². The van der Waals surface area contributed by atoms with Crippen molar-refractivity contribution in [2.45, 2.75) is 25.4 Å². The molecular weight excluding hydrogens is 270 g/mol. The van der Waals surface area contributed by atoms with Crippen LogP contribution in [0.1, 0.15) is 18.4 Å². The lowest BCUT2D eigenvalue weighted by Gasteiger charge is -2.44. The Morgan fingerprint density at radius 3 is 2.68 bits per heavy atom. The molecule has 4 rings (SSSR count). The second kappa shape index (κ2) is 6.73. The zero-order valence-electron chi connectivity index (χ0n) is 13.9. The van der Waals surface area contributed by atoms with Gasteiger partial charge in [-0.15, -0.1) is 6.42 Å². The predicted octanol–water partition coefficient (Wildman–Crippen LogP) is -0.257. The van der Waals surface area contributed by atoms with E-state index in [1.807, 2.05) is 0 Å². The first-order valence-corrected chi connectivity index (χ1v) is 8.56. The van der Waals surface area contributed by atoms with E-state index in [0.717, 1.165) is 18.5 Å². The lowest BCUT2D eigenvalue weighted by Crippen LogP contribution is -3.21. The summed E-state index contributed by atoms with van der Waals surface area (Å²) >= 11 is 0. The molecule has 22 heavy (non-hydrogen) atoms. The lowest BCUT2D eigenvalue weighted by atomic mass is 9.76. The Labute approximate surface area is 134 Å². The molecular formula is C19H29N3+2. The molecule has 3 nitrogen and oxygen atoms in total. The summed E-state index contributed by atoms with van der Waals surface area (Å²) in [6.07, 6.45) is 8.34. The number of anilines is 1. The monoisotopic (exact) mass is 299 g/mol. The van der Waals surface area contributed by atoms with Crippen LogP contribution in [0.4, 0.5) is 5.69 Å². The third-order valence-electron chi connectivity index (χ3n) is 5.55. The number of quaternary nitrogens is 2. The number of rotatable bonds is 5. The molecule has 1 aromatic rings. The number of nitrogens with two attached hydrogens (primary N) is 1. The van der Waals surface area contributed by atoms with Gasteiger partial charge >= 0.3 is 0 Å². The van der Waals surface area contributed by atoms with Gasteiger partial charge in [-0.2, -0.15) is 0 Å². The maximum absolute atomic E-state index is 5.67. The Bertz CT molecular complexity index is 529. The summed E-state index contributed by atoms with van der Waals surface area (Å²) in [6, 6.07) is 9.72. The van der Waals surface area contributed by atoms with Crippen LogP contribution in [-0.4, -0.2) is 39.8 Å². The van der Waals surface area contributed by atoms with Crippen LogP contribution in [0.2, 0.25) is 0 Å². The van der Waals surface area contributed by atoms with Crippen LogP contribution in [-0.2, 0) is 6.54 Å². The SMILES string of the molecule is C#C[C@H]1C[NH+]2CC[C@H]1C[C@@H]2C[NH2+]Cc1ccc(N(C)C)cc1. The first-order valence-electron chi connectivity index (χ1n) is 8.56. The minimum Gasteiger partial charge on any atom is -0.378 e. The highest BCUT2D eigenvalue weighted by Crippen LogP contribution is 2.25. The maximum Gasteiger partial charge on any atom is 0.137 e. The number of piperidine rings is 3. The number of nitrogens with one attached hydrogen (secondary N) is 1. The highest BCUT2D eigenvalue weighted by atomic mass is 15.2. The Balaban J connectivity index is 1.47. The van der Waals surface area contributed by atoms with E-state index in [1.54, 1.807) is 4.90 Å². The molecule has 0 amide bonds. The van der Waals surface area contributed by atoms with Gasteiger partial charge in [0.05, 0.1) is 19.0 Å². The van der Waals surface area contributed by atoms with E-state index in [2.05, 4.69) is 54.5 Å². The van der Waals surface area contributed by atoms with E-state index >= 15 is 0 Å². The summed E-state index contributed by atoms with van der Waals surface area (Å²) in [5.41, 5.74) is 2.68. The van der Waals surface area contributed by atoms with Gasteiger partial charge in [0.2, 0.25) is 0 Å². The van der Waals surface area contributed by atoms with Crippen LogP contribution in [0, 0.1) is 24.2 Å². The first-order chi connectivity index (χ1) is 10.7. The highest BCUT2D eigenvalue weighted by Gasteiger charge is 2.43. The normalized spacial score (nSPS) is 30.0. The Kier molecular flexibility index (Phi) is 4.71. The summed E-state index contributed by atoms with van der Waals surface area (Å²) in [6.45, 7) is 4.86. The number of hydrogen-bond donors (Lipinski definition) is 2. The van der Waals surface area contributed by atoms with Crippen molar-refractivity contribution in [1.29, 1.82) is 0 Å². The molecule has 3 fully saturated rings. The van der Waals surface area contributed by atoms with Crippen molar-refractivity contribution < 1.29 is 10.2 Å². The average Bonchev–Trinajstić information content (AvgIpc) is 2.56. The molecule has 1 unspecified atom stereocenters. The summed E-state index contributed by atoms with van der Waals surface area (Å²) in [5, 5.41) is 2.48. The van der Waals surface area contributed by atoms with Crippen molar-refractivity contribution in [3.05, 3.63) is 29.8 Å². The molecule has 118 valence electrons. The zero-order valence-corrected chi connectivity index (χ0v) is 13.9. The van der Waals surface area contributed by atoms with Crippen molar-refractivity contribution in [2.75, 3.05) is 38.6 Å². The summed E-state index contributed by atoms with van der Waals surface area (Å²) in [4.78, 5) is 3.90. The molecule has 0 aromatic heterocycles. The Hall–Kier alpha value is -1.50. The highest BCUT2D eigenvalue weighted by molar-refractivity contribution is 5.45. The summed E-state index contributed by atoms with van der Waals surface area (Å²) < 4.78 is 0. The first kappa shape index (κ1) is 15.4. The van der Waals surface area contributed by atoms with Gasteiger partial charge in [-0.3, -0.25) is 0 Å². The van der Waals surface area contributed by atoms with Crippen LogP contribution < -0.4 is 15.1 Å². The molecule has 0 saturated carbocycles. The fraction of sp³-hybridized carbons (Fsp3) is 0.579. The van der Waals surface area contributed by atoms with Crippen molar-refractivity contribution in [3.8, 4) is 12.3 Å². The lowest BCUT2D eigenvalue weighted by molar-refractivity contribution is -0.958. The average molecular weight is 299 g/mol. The van der Waals surface area contributed by atoms with Gasteiger partial charge in [0.1, 0.15) is 19.1 Å². The third-order valence-corrected chi connectivity index (χ3v) is 5.55. The summed E-state index contributed by atoms with van der Waals surface area (Å²) in [7, 11) is 4.17. The fourth-order valence-corrected chi connectivity index (χ4v) is 4.15. The molecule has 3 aliphatic rings. The number of benzene rings is 1. The van der Waals surface area contributed by atoms with E-state index in [0.29, 0.717) is 5.92 Å². The Morgan fingerprint density at radius 2 is 2.09 bits per heavy atom. The minimum absolute atomic E-state index is 0.540. The third kappa shape index (κ3) is 3.29. The molecule has 0 spiro atoms. The van der Waals surface area contributed by atoms with E-state index < -0.39 is 0 Å². The number of fused-ring (bicyclic) bond motifs is 3. The smallest absolute Gasteiger partial charge is 0.137 e. The molecule has 0 radical (unpaired) electrons. The molecule has 3 N–H and O–H groups in total. The zero-order chi connectivity index (χ0) is 15.5. The van der Waals surface area contributed by atoms with Crippen LogP contribution in [0.3, 0.4) is 0 Å². The largest absolute Gasteiger partial charge is 0.378 e. The van der Waals surface area contributed by atoms with E-state index in [4.69, 9.17) is 6.42 Å². The van der Waals surface area contributed by atoms with Gasteiger partial charge in [0.25, 0.3) is 0 Å². The predicted molar refractivity (Wildman–Crippen MR) is 90.8 cm³/mol. The van der Waals surface area contributed by atoms with Crippen molar-refractivity contribution in [3.63, 3.8) is 0 Å². The fourth-order valence-electron chi connectivity index (χ4n) is 4.15. The molecule has 3 heterocycles. The van der Waals surface area contributed by atoms with E-state index in [-0.39, 0.29) is 0 Å². The Morgan fingerprint density at radius 1 is 1.32 bits per heavy atom. The molecule has 3 heteroatoms. The molecule has 4 atom stereocenters. The summed E-state index contributed by atoms with van der Waals surface area (Å²) in [5.74, 6) is 4.35. The molecule has 3 saturated heterocycles.